The molecule has 0 aliphatic carbocycles. The normalized spacial score (nSPS) is 11.5. The van der Waals surface area contributed by atoms with Crippen LogP contribution in [-0.2, 0) is 20.9 Å². The van der Waals surface area contributed by atoms with Crippen LogP contribution in [0.25, 0.3) is 10.9 Å². The second-order valence-electron chi connectivity index (χ2n) is 6.38. The van der Waals surface area contributed by atoms with Crippen LogP contribution in [0.3, 0.4) is 0 Å². The summed E-state index contributed by atoms with van der Waals surface area (Å²) in [5.41, 5.74) is 1.06. The number of amides is 1. The molecule has 0 atom stereocenters. The minimum atomic E-state index is -0.641. The number of fused-ring (bicyclic) bond motifs is 1. The number of aromatic nitrogens is 1. The van der Waals surface area contributed by atoms with Crippen molar-refractivity contribution in [3.8, 4) is 0 Å². The zero-order valence-corrected chi connectivity index (χ0v) is 14.3. The molecule has 0 radical (unpaired) electrons. The summed E-state index contributed by atoms with van der Waals surface area (Å²) >= 11 is 0. The molecule has 2 N–H and O–H groups in total. The van der Waals surface area contributed by atoms with Gasteiger partial charge in [0.1, 0.15) is 12.2 Å². The number of methoxy groups -OCH3 is 1. The molecule has 130 valence electrons. The summed E-state index contributed by atoms with van der Waals surface area (Å²) in [4.78, 5) is 24.2. The van der Waals surface area contributed by atoms with E-state index >= 15 is 0 Å². The highest BCUT2D eigenvalue weighted by Crippen LogP contribution is 2.28. The number of rotatable bonds is 4. The van der Waals surface area contributed by atoms with Crippen LogP contribution in [0.1, 0.15) is 26.3 Å². The Kier molecular flexibility index (Phi) is 5.26. The first-order chi connectivity index (χ1) is 11.2. The van der Waals surface area contributed by atoms with Gasteiger partial charge in [0, 0.05) is 18.7 Å². The van der Waals surface area contributed by atoms with E-state index in [0.29, 0.717) is 22.2 Å². The SMILES string of the molecule is COCC(=O)Nc1cn(C(=O)OC(C)(C)C)c2ccc(CO)cc12. The Hall–Kier alpha value is -2.38. The fourth-order valence-electron chi connectivity index (χ4n) is 2.25. The monoisotopic (exact) mass is 334 g/mol. The van der Waals surface area contributed by atoms with Gasteiger partial charge in [-0.25, -0.2) is 4.79 Å². The maximum atomic E-state index is 12.4. The highest BCUT2D eigenvalue weighted by Gasteiger charge is 2.21. The summed E-state index contributed by atoms with van der Waals surface area (Å²) in [5.74, 6) is -0.338. The Morgan fingerprint density at radius 2 is 2.00 bits per heavy atom. The fourth-order valence-corrected chi connectivity index (χ4v) is 2.25. The number of carbonyl (C=O) groups excluding carboxylic acids is 2. The molecule has 0 spiro atoms. The number of anilines is 1. The van der Waals surface area contributed by atoms with E-state index in [2.05, 4.69) is 5.32 Å². The predicted molar refractivity (Wildman–Crippen MR) is 90.0 cm³/mol. The van der Waals surface area contributed by atoms with Gasteiger partial charge in [-0.15, -0.1) is 0 Å². The molecule has 0 saturated heterocycles. The van der Waals surface area contributed by atoms with E-state index in [-0.39, 0.29) is 19.1 Å². The average Bonchev–Trinajstić information content (AvgIpc) is 2.84. The molecule has 2 aromatic rings. The van der Waals surface area contributed by atoms with E-state index in [4.69, 9.17) is 9.47 Å². The number of hydrogen-bond acceptors (Lipinski definition) is 5. The van der Waals surface area contributed by atoms with Crippen LogP contribution in [0, 0.1) is 0 Å². The highest BCUT2D eigenvalue weighted by molar-refractivity contribution is 6.05. The van der Waals surface area contributed by atoms with Crippen molar-refractivity contribution in [2.75, 3.05) is 19.0 Å². The summed E-state index contributed by atoms with van der Waals surface area (Å²) in [6, 6.07) is 5.14. The third kappa shape index (κ3) is 4.12. The van der Waals surface area contributed by atoms with Crippen LogP contribution in [0.4, 0.5) is 10.5 Å². The van der Waals surface area contributed by atoms with Gasteiger partial charge in [0.2, 0.25) is 5.91 Å². The number of ether oxygens (including phenoxy) is 2. The number of nitrogens with one attached hydrogen (secondary N) is 1. The third-order valence-electron chi connectivity index (χ3n) is 3.19. The maximum absolute atomic E-state index is 12.4. The van der Waals surface area contributed by atoms with Crippen molar-refractivity contribution in [1.29, 1.82) is 0 Å². The molecule has 0 unspecified atom stereocenters. The lowest BCUT2D eigenvalue weighted by Gasteiger charge is -2.19. The third-order valence-corrected chi connectivity index (χ3v) is 3.19. The van der Waals surface area contributed by atoms with Crippen LogP contribution in [0.2, 0.25) is 0 Å². The zero-order chi connectivity index (χ0) is 17.9. The minimum absolute atomic E-state index is 0.0984. The molecule has 1 amide bonds. The Labute approximate surface area is 140 Å². The van der Waals surface area contributed by atoms with Crippen LogP contribution in [-0.4, -0.2) is 41.0 Å². The Morgan fingerprint density at radius 3 is 2.58 bits per heavy atom. The van der Waals surface area contributed by atoms with E-state index in [1.165, 1.54) is 17.9 Å². The Morgan fingerprint density at radius 1 is 1.29 bits per heavy atom. The van der Waals surface area contributed by atoms with E-state index in [1.54, 1.807) is 39.0 Å². The topological polar surface area (TPSA) is 89.8 Å². The van der Waals surface area contributed by atoms with Crippen molar-refractivity contribution in [1.82, 2.24) is 4.57 Å². The predicted octanol–water partition coefficient (Wildman–Crippen LogP) is 2.50. The van der Waals surface area contributed by atoms with Gasteiger partial charge in [0.25, 0.3) is 0 Å². The van der Waals surface area contributed by atoms with Crippen LogP contribution >= 0.6 is 0 Å². The number of aliphatic hydroxyl groups is 1. The van der Waals surface area contributed by atoms with Crippen LogP contribution in [0.15, 0.2) is 24.4 Å². The summed E-state index contributed by atoms with van der Waals surface area (Å²) in [6.45, 7) is 5.10. The van der Waals surface area contributed by atoms with E-state index in [9.17, 15) is 14.7 Å². The number of aliphatic hydroxyl groups excluding tert-OH is 1. The van der Waals surface area contributed by atoms with Gasteiger partial charge >= 0.3 is 6.09 Å². The first kappa shape index (κ1) is 18.0. The lowest BCUT2D eigenvalue weighted by Crippen LogP contribution is -2.26. The van der Waals surface area contributed by atoms with Crippen LogP contribution < -0.4 is 5.32 Å². The number of hydrogen-bond donors (Lipinski definition) is 2. The van der Waals surface area contributed by atoms with Crippen molar-refractivity contribution >= 4 is 28.6 Å². The van der Waals surface area contributed by atoms with Crippen molar-refractivity contribution in [3.05, 3.63) is 30.0 Å². The molecule has 7 nitrogen and oxygen atoms in total. The fraction of sp³-hybridized carbons (Fsp3) is 0.412. The molecule has 0 aliphatic rings. The van der Waals surface area contributed by atoms with Crippen molar-refractivity contribution < 1.29 is 24.2 Å². The van der Waals surface area contributed by atoms with Gasteiger partial charge in [-0.3, -0.25) is 9.36 Å². The Bertz CT molecular complexity index is 758. The van der Waals surface area contributed by atoms with E-state index < -0.39 is 11.7 Å². The molecule has 7 heteroatoms. The molecule has 0 saturated carbocycles. The molecule has 0 aliphatic heterocycles. The molecular formula is C17H22N2O5. The molecule has 1 heterocycles. The van der Waals surface area contributed by atoms with Crippen LogP contribution in [0.5, 0.6) is 0 Å². The molecule has 0 bridgehead atoms. The summed E-state index contributed by atoms with van der Waals surface area (Å²) < 4.78 is 11.5. The van der Waals surface area contributed by atoms with Gasteiger partial charge in [-0.05, 0) is 38.5 Å². The van der Waals surface area contributed by atoms with Gasteiger partial charge in [-0.1, -0.05) is 6.07 Å². The second-order valence-corrected chi connectivity index (χ2v) is 6.38. The molecule has 24 heavy (non-hydrogen) atoms. The van der Waals surface area contributed by atoms with Gasteiger partial charge < -0.3 is 19.9 Å². The molecule has 1 aromatic carbocycles. The van der Waals surface area contributed by atoms with Gasteiger partial charge in [-0.2, -0.15) is 0 Å². The molecular weight excluding hydrogens is 312 g/mol. The second kappa shape index (κ2) is 7.02. The minimum Gasteiger partial charge on any atom is -0.443 e. The lowest BCUT2D eigenvalue weighted by molar-refractivity contribution is -0.119. The average molecular weight is 334 g/mol. The summed E-state index contributed by atoms with van der Waals surface area (Å²) in [5, 5.41) is 12.7. The standard InChI is InChI=1S/C17H22N2O5/c1-17(2,3)24-16(22)19-8-13(18-15(21)10-23-4)12-7-11(9-20)5-6-14(12)19/h5-8,20H,9-10H2,1-4H3,(H,18,21). The summed E-state index contributed by atoms with van der Waals surface area (Å²) in [6.07, 6.45) is 0.962. The van der Waals surface area contributed by atoms with E-state index in [0.717, 1.165) is 0 Å². The smallest absolute Gasteiger partial charge is 0.419 e. The number of benzene rings is 1. The van der Waals surface area contributed by atoms with Gasteiger partial charge in [0.05, 0.1) is 17.8 Å². The zero-order valence-electron chi connectivity index (χ0n) is 14.3. The lowest BCUT2D eigenvalue weighted by atomic mass is 10.1. The molecule has 2 rings (SSSR count). The largest absolute Gasteiger partial charge is 0.443 e. The number of carbonyl (C=O) groups is 2. The summed E-state index contributed by atoms with van der Waals surface area (Å²) in [7, 11) is 1.42. The molecule has 1 aromatic heterocycles. The van der Waals surface area contributed by atoms with Gasteiger partial charge in [0.15, 0.2) is 0 Å². The quantitative estimate of drug-likeness (QED) is 0.896. The highest BCUT2D eigenvalue weighted by atomic mass is 16.6. The van der Waals surface area contributed by atoms with E-state index in [1.807, 2.05) is 0 Å². The van der Waals surface area contributed by atoms with Crippen molar-refractivity contribution in [2.45, 2.75) is 33.0 Å². The van der Waals surface area contributed by atoms with Crippen molar-refractivity contribution in [3.63, 3.8) is 0 Å². The maximum Gasteiger partial charge on any atom is 0.419 e. The Balaban J connectivity index is 2.48. The first-order valence-electron chi connectivity index (χ1n) is 7.52. The molecule has 0 fully saturated rings. The van der Waals surface area contributed by atoms with Crippen molar-refractivity contribution in [2.24, 2.45) is 0 Å². The number of nitrogens with zero attached hydrogens (tertiary/aromatic N) is 1. The first-order valence-corrected chi connectivity index (χ1v) is 7.52.